The maximum absolute atomic E-state index is 13.9. The Morgan fingerprint density at radius 1 is 1.04 bits per heavy atom. The van der Waals surface area contributed by atoms with E-state index in [-0.39, 0.29) is 17.7 Å². The minimum absolute atomic E-state index is 0.101. The summed E-state index contributed by atoms with van der Waals surface area (Å²) in [6, 6.07) is 12.0. The quantitative estimate of drug-likeness (QED) is 0.690. The van der Waals surface area contributed by atoms with Crippen LogP contribution >= 0.6 is 0 Å². The lowest BCUT2D eigenvalue weighted by Crippen LogP contribution is -2.25. The number of nitrogens with zero attached hydrogens (tertiary/aromatic N) is 3. The van der Waals surface area contributed by atoms with Crippen LogP contribution in [0.25, 0.3) is 0 Å². The highest BCUT2D eigenvalue weighted by Crippen LogP contribution is 2.37. The predicted molar refractivity (Wildman–Crippen MR) is 93.4 cm³/mol. The zero-order valence-electron chi connectivity index (χ0n) is 13.9. The highest BCUT2D eigenvalue weighted by Gasteiger charge is 2.28. The molecular formula is C19H15F3N4. The lowest BCUT2D eigenvalue weighted by Gasteiger charge is -2.24. The molecule has 4 nitrogen and oxygen atoms in total. The van der Waals surface area contributed by atoms with E-state index >= 15 is 0 Å². The van der Waals surface area contributed by atoms with Crippen molar-refractivity contribution in [2.24, 2.45) is 0 Å². The molecule has 1 aliphatic rings. The molecule has 1 atom stereocenters. The van der Waals surface area contributed by atoms with Crippen LogP contribution in [0.1, 0.15) is 12.5 Å². The molecular weight excluding hydrogens is 341 g/mol. The summed E-state index contributed by atoms with van der Waals surface area (Å²) in [5.74, 6) is -3.34. The molecule has 1 unspecified atom stereocenters. The number of hydrogen-bond acceptors (Lipinski definition) is 4. The molecule has 132 valence electrons. The van der Waals surface area contributed by atoms with E-state index in [2.05, 4.69) is 33.2 Å². The molecule has 0 amide bonds. The van der Waals surface area contributed by atoms with Gasteiger partial charge in [-0.2, -0.15) is 4.98 Å². The number of fused-ring (bicyclic) bond motifs is 1. The van der Waals surface area contributed by atoms with Crippen LogP contribution in [0, 0.1) is 17.5 Å². The van der Waals surface area contributed by atoms with Crippen molar-refractivity contribution >= 4 is 23.1 Å². The van der Waals surface area contributed by atoms with Crippen molar-refractivity contribution in [2.75, 3.05) is 10.2 Å². The van der Waals surface area contributed by atoms with Gasteiger partial charge in [0.15, 0.2) is 17.5 Å². The lowest BCUT2D eigenvalue weighted by atomic mass is 10.1. The van der Waals surface area contributed by atoms with Crippen LogP contribution < -0.4 is 10.2 Å². The van der Waals surface area contributed by atoms with Gasteiger partial charge in [-0.1, -0.05) is 18.2 Å². The molecule has 0 spiro atoms. The average molecular weight is 356 g/mol. The molecule has 2 heterocycles. The first kappa shape index (κ1) is 16.4. The fourth-order valence-corrected chi connectivity index (χ4v) is 3.20. The number of halogens is 3. The third kappa shape index (κ3) is 2.75. The van der Waals surface area contributed by atoms with E-state index in [1.54, 1.807) is 6.07 Å². The van der Waals surface area contributed by atoms with Crippen molar-refractivity contribution < 1.29 is 13.2 Å². The van der Waals surface area contributed by atoms with Crippen molar-refractivity contribution in [1.82, 2.24) is 9.97 Å². The van der Waals surface area contributed by atoms with Gasteiger partial charge in [-0.3, -0.25) is 0 Å². The van der Waals surface area contributed by atoms with Gasteiger partial charge in [0.05, 0.1) is 5.69 Å². The predicted octanol–water partition coefficient (Wildman–Crippen LogP) is 4.72. The number of benzene rings is 2. The molecule has 0 saturated carbocycles. The Hall–Kier alpha value is -3.09. The monoisotopic (exact) mass is 356 g/mol. The number of nitrogens with one attached hydrogen (secondary N) is 1. The molecule has 7 heteroatoms. The van der Waals surface area contributed by atoms with Crippen LogP contribution in [0.5, 0.6) is 0 Å². The summed E-state index contributed by atoms with van der Waals surface area (Å²) in [7, 11) is 0. The van der Waals surface area contributed by atoms with Gasteiger partial charge in [0.1, 0.15) is 5.82 Å². The van der Waals surface area contributed by atoms with Gasteiger partial charge in [0.2, 0.25) is 5.95 Å². The van der Waals surface area contributed by atoms with Crippen LogP contribution in [0.3, 0.4) is 0 Å². The minimum Gasteiger partial charge on any atom is -0.323 e. The molecule has 1 N–H and O–H groups in total. The van der Waals surface area contributed by atoms with E-state index in [1.165, 1.54) is 11.8 Å². The first-order chi connectivity index (χ1) is 12.5. The summed E-state index contributed by atoms with van der Waals surface area (Å²) in [5.41, 5.74) is 2.05. The Morgan fingerprint density at radius 2 is 1.85 bits per heavy atom. The third-order valence-electron chi connectivity index (χ3n) is 4.38. The lowest BCUT2D eigenvalue weighted by molar-refractivity contribution is 0.449. The maximum atomic E-state index is 13.9. The van der Waals surface area contributed by atoms with Crippen molar-refractivity contribution in [3.05, 3.63) is 71.7 Å². The van der Waals surface area contributed by atoms with Crippen molar-refractivity contribution in [1.29, 1.82) is 0 Å². The van der Waals surface area contributed by atoms with Crippen LogP contribution in [-0.4, -0.2) is 16.0 Å². The van der Waals surface area contributed by atoms with E-state index in [9.17, 15) is 13.2 Å². The molecule has 0 fully saturated rings. The summed E-state index contributed by atoms with van der Waals surface area (Å²) in [4.78, 5) is 10.5. The van der Waals surface area contributed by atoms with Gasteiger partial charge >= 0.3 is 0 Å². The van der Waals surface area contributed by atoms with E-state index in [4.69, 9.17) is 0 Å². The third-order valence-corrected chi connectivity index (χ3v) is 4.38. The number of aromatic nitrogens is 2. The second-order valence-corrected chi connectivity index (χ2v) is 6.14. The first-order valence-corrected chi connectivity index (χ1v) is 8.15. The molecule has 1 aromatic heterocycles. The van der Waals surface area contributed by atoms with Crippen molar-refractivity contribution in [3.63, 3.8) is 0 Å². The number of hydrogen-bond donors (Lipinski definition) is 1. The summed E-state index contributed by atoms with van der Waals surface area (Å²) in [5, 5.41) is 2.61. The molecule has 2 aromatic carbocycles. The fraction of sp³-hybridized carbons (Fsp3) is 0.158. The van der Waals surface area contributed by atoms with Crippen LogP contribution in [0.4, 0.5) is 36.3 Å². The summed E-state index contributed by atoms with van der Waals surface area (Å²) in [6.07, 6.45) is 2.43. The van der Waals surface area contributed by atoms with Gasteiger partial charge < -0.3 is 10.2 Å². The number of anilines is 4. The van der Waals surface area contributed by atoms with Crippen LogP contribution in [-0.2, 0) is 6.42 Å². The van der Waals surface area contributed by atoms with Crippen LogP contribution in [0.2, 0.25) is 0 Å². The molecule has 0 bridgehead atoms. The Kier molecular flexibility index (Phi) is 3.99. The van der Waals surface area contributed by atoms with Gasteiger partial charge in [-0.25, -0.2) is 18.2 Å². The van der Waals surface area contributed by atoms with E-state index in [0.29, 0.717) is 5.82 Å². The molecule has 0 aliphatic carbocycles. The summed E-state index contributed by atoms with van der Waals surface area (Å²) < 4.78 is 40.3. The maximum Gasteiger partial charge on any atom is 0.229 e. The summed E-state index contributed by atoms with van der Waals surface area (Å²) >= 11 is 0. The second kappa shape index (κ2) is 6.33. The molecule has 1 aliphatic heterocycles. The SMILES string of the molecule is CC1Cc2ccccc2N1c1ccnc(Nc2ccc(F)c(F)c2F)n1. The Morgan fingerprint density at radius 3 is 2.69 bits per heavy atom. The first-order valence-electron chi connectivity index (χ1n) is 8.15. The van der Waals surface area contributed by atoms with Gasteiger partial charge in [-0.15, -0.1) is 0 Å². The zero-order valence-corrected chi connectivity index (χ0v) is 13.9. The number of rotatable bonds is 3. The van der Waals surface area contributed by atoms with Gasteiger partial charge in [0, 0.05) is 17.9 Å². The minimum atomic E-state index is -1.53. The van der Waals surface area contributed by atoms with Crippen molar-refractivity contribution in [3.8, 4) is 0 Å². The van der Waals surface area contributed by atoms with E-state index < -0.39 is 17.5 Å². The average Bonchev–Trinajstić information content (AvgIpc) is 2.98. The molecule has 26 heavy (non-hydrogen) atoms. The summed E-state index contributed by atoms with van der Waals surface area (Å²) in [6.45, 7) is 2.09. The highest BCUT2D eigenvalue weighted by atomic mass is 19.2. The fourth-order valence-electron chi connectivity index (χ4n) is 3.20. The Bertz CT molecular complexity index is 977. The molecule has 4 rings (SSSR count). The molecule has 0 radical (unpaired) electrons. The van der Waals surface area contributed by atoms with E-state index in [1.807, 2.05) is 18.2 Å². The standard InChI is InChI=1S/C19H15F3N4/c1-11-10-12-4-2-3-5-15(12)26(11)16-8-9-23-19(25-16)24-14-7-6-13(20)17(21)18(14)22/h2-9,11H,10H2,1H3,(H,23,24,25). The van der Waals surface area contributed by atoms with Crippen molar-refractivity contribution in [2.45, 2.75) is 19.4 Å². The largest absolute Gasteiger partial charge is 0.323 e. The topological polar surface area (TPSA) is 41.1 Å². The smallest absolute Gasteiger partial charge is 0.229 e. The highest BCUT2D eigenvalue weighted by molar-refractivity contribution is 5.69. The molecule has 3 aromatic rings. The normalized spacial score (nSPS) is 15.8. The second-order valence-electron chi connectivity index (χ2n) is 6.14. The van der Waals surface area contributed by atoms with Gasteiger partial charge in [0.25, 0.3) is 0 Å². The molecule has 0 saturated heterocycles. The van der Waals surface area contributed by atoms with Crippen LogP contribution in [0.15, 0.2) is 48.7 Å². The zero-order chi connectivity index (χ0) is 18.3. The Balaban J connectivity index is 1.67. The Labute approximate surface area is 148 Å². The number of para-hydroxylation sites is 1. The van der Waals surface area contributed by atoms with E-state index in [0.717, 1.165) is 24.2 Å². The van der Waals surface area contributed by atoms with Gasteiger partial charge in [-0.05, 0) is 43.2 Å².